The van der Waals surface area contributed by atoms with Crippen LogP contribution in [0.5, 0.6) is 0 Å². The minimum atomic E-state index is -0.164. The number of nitrogens with one attached hydrogen (secondary N) is 1. The lowest BCUT2D eigenvalue weighted by Gasteiger charge is -2.33. The smallest absolute Gasteiger partial charge is 0.225 e. The monoisotopic (exact) mass is 333 g/mol. The molecular weight excluding hydrogens is 306 g/mol. The van der Waals surface area contributed by atoms with Gasteiger partial charge in [-0.3, -0.25) is 9.59 Å². The molecule has 1 saturated heterocycles. The summed E-state index contributed by atoms with van der Waals surface area (Å²) in [5, 5.41) is 10.9. The molecule has 2 heterocycles. The molecule has 1 N–H and O–H groups in total. The zero-order valence-corrected chi connectivity index (χ0v) is 14.6. The van der Waals surface area contributed by atoms with Gasteiger partial charge in [-0.1, -0.05) is 12.8 Å². The third-order valence-electron chi connectivity index (χ3n) is 5.37. The van der Waals surface area contributed by atoms with Crippen LogP contribution >= 0.6 is 0 Å². The van der Waals surface area contributed by atoms with Crippen molar-refractivity contribution in [1.29, 1.82) is 0 Å². The number of hydrogen-bond acceptors (Lipinski definition) is 4. The van der Waals surface area contributed by atoms with E-state index in [0.29, 0.717) is 19.0 Å². The molecule has 1 aliphatic heterocycles. The van der Waals surface area contributed by atoms with Gasteiger partial charge in [0.2, 0.25) is 11.8 Å². The van der Waals surface area contributed by atoms with Crippen molar-refractivity contribution >= 4 is 11.8 Å². The summed E-state index contributed by atoms with van der Waals surface area (Å²) < 4.78 is 1.81. The van der Waals surface area contributed by atoms with E-state index >= 15 is 0 Å². The highest BCUT2D eigenvalue weighted by molar-refractivity contribution is 5.81. The Balaban J connectivity index is 1.48. The molecule has 2 amide bonds. The molecule has 132 valence electrons. The predicted octanol–water partition coefficient (Wildman–Crippen LogP) is 1.42. The van der Waals surface area contributed by atoms with E-state index in [1.165, 1.54) is 12.8 Å². The van der Waals surface area contributed by atoms with Gasteiger partial charge >= 0.3 is 0 Å². The zero-order valence-electron chi connectivity index (χ0n) is 14.6. The van der Waals surface area contributed by atoms with Crippen LogP contribution in [-0.4, -0.2) is 44.6 Å². The van der Waals surface area contributed by atoms with Crippen molar-refractivity contribution in [2.75, 3.05) is 13.1 Å². The molecule has 0 aromatic carbocycles. The van der Waals surface area contributed by atoms with Crippen LogP contribution in [0.25, 0.3) is 0 Å². The minimum Gasteiger partial charge on any atom is -0.346 e. The largest absolute Gasteiger partial charge is 0.346 e. The number of carbonyl (C=O) groups excluding carboxylic acids is 2. The highest BCUT2D eigenvalue weighted by Crippen LogP contribution is 2.28. The number of likely N-dealkylation sites (tertiary alicyclic amines) is 1. The van der Waals surface area contributed by atoms with Crippen LogP contribution in [0, 0.1) is 11.8 Å². The highest BCUT2D eigenvalue weighted by atomic mass is 16.2. The number of aromatic nitrogens is 3. The molecule has 1 saturated carbocycles. The number of hydrogen-bond donors (Lipinski definition) is 1. The average Bonchev–Trinajstić information content (AvgIpc) is 3.25. The summed E-state index contributed by atoms with van der Waals surface area (Å²) in [7, 11) is 1.87. The van der Waals surface area contributed by atoms with E-state index in [0.717, 1.165) is 31.5 Å². The first-order valence-corrected chi connectivity index (χ1v) is 8.99. The van der Waals surface area contributed by atoms with Crippen molar-refractivity contribution in [3.63, 3.8) is 0 Å². The second-order valence-electron chi connectivity index (χ2n) is 7.11. The maximum absolute atomic E-state index is 12.5. The third-order valence-corrected chi connectivity index (χ3v) is 5.37. The Morgan fingerprint density at radius 1 is 1.17 bits per heavy atom. The van der Waals surface area contributed by atoms with Crippen LogP contribution in [-0.2, 0) is 16.6 Å². The molecule has 2 aliphatic rings. The standard InChI is InChI=1S/C17H27N5O2/c1-12(15-20-18-11-21(15)2)19-16(23)13-7-9-22(10-8-13)17(24)14-5-3-4-6-14/h11-14H,3-10H2,1-2H3,(H,19,23)/t12-/m0/s1. The molecule has 0 bridgehead atoms. The molecule has 1 aromatic rings. The molecule has 1 aromatic heterocycles. The Morgan fingerprint density at radius 3 is 2.42 bits per heavy atom. The van der Waals surface area contributed by atoms with Crippen LogP contribution < -0.4 is 5.32 Å². The predicted molar refractivity (Wildman–Crippen MR) is 88.8 cm³/mol. The fourth-order valence-corrected chi connectivity index (χ4v) is 3.87. The fraction of sp³-hybridized carbons (Fsp3) is 0.765. The van der Waals surface area contributed by atoms with Crippen molar-refractivity contribution in [2.45, 2.75) is 51.5 Å². The number of aryl methyl sites for hydroxylation is 1. The first kappa shape index (κ1) is 16.9. The highest BCUT2D eigenvalue weighted by Gasteiger charge is 2.32. The van der Waals surface area contributed by atoms with Gasteiger partial charge in [-0.2, -0.15) is 0 Å². The van der Waals surface area contributed by atoms with E-state index in [4.69, 9.17) is 0 Å². The second kappa shape index (κ2) is 7.32. The summed E-state index contributed by atoms with van der Waals surface area (Å²) in [5.41, 5.74) is 0. The van der Waals surface area contributed by atoms with E-state index in [2.05, 4.69) is 15.5 Å². The molecule has 3 rings (SSSR count). The Bertz CT molecular complexity index is 586. The molecule has 24 heavy (non-hydrogen) atoms. The van der Waals surface area contributed by atoms with Gasteiger partial charge in [0.15, 0.2) is 5.82 Å². The summed E-state index contributed by atoms with van der Waals surface area (Å²) in [5.74, 6) is 1.31. The molecule has 2 fully saturated rings. The van der Waals surface area contributed by atoms with Crippen molar-refractivity contribution in [3.8, 4) is 0 Å². The molecule has 0 radical (unpaired) electrons. The van der Waals surface area contributed by atoms with Crippen LogP contribution in [0.3, 0.4) is 0 Å². The van der Waals surface area contributed by atoms with Gasteiger partial charge < -0.3 is 14.8 Å². The van der Waals surface area contributed by atoms with Gasteiger partial charge in [-0.25, -0.2) is 0 Å². The van der Waals surface area contributed by atoms with Gasteiger partial charge in [0, 0.05) is 32.0 Å². The summed E-state index contributed by atoms with van der Waals surface area (Å²) in [6.45, 7) is 3.32. The first-order valence-electron chi connectivity index (χ1n) is 8.99. The maximum Gasteiger partial charge on any atom is 0.225 e. The molecule has 0 unspecified atom stereocenters. The van der Waals surface area contributed by atoms with Gasteiger partial charge in [-0.15, -0.1) is 10.2 Å². The Labute approximate surface area is 142 Å². The SMILES string of the molecule is C[C@H](NC(=O)C1CCN(C(=O)C2CCCC2)CC1)c1nncn1C. The van der Waals surface area contributed by atoms with E-state index in [-0.39, 0.29) is 23.8 Å². The molecule has 1 aliphatic carbocycles. The van der Waals surface area contributed by atoms with Crippen LogP contribution in [0.2, 0.25) is 0 Å². The van der Waals surface area contributed by atoms with Gasteiger partial charge in [0.1, 0.15) is 6.33 Å². The van der Waals surface area contributed by atoms with Crippen LogP contribution in [0.1, 0.15) is 57.3 Å². The third kappa shape index (κ3) is 3.60. The minimum absolute atomic E-state index is 0.0201. The fourth-order valence-electron chi connectivity index (χ4n) is 3.87. The van der Waals surface area contributed by atoms with Crippen LogP contribution in [0.4, 0.5) is 0 Å². The van der Waals surface area contributed by atoms with Crippen molar-refractivity contribution in [3.05, 3.63) is 12.2 Å². The Morgan fingerprint density at radius 2 is 1.83 bits per heavy atom. The quantitative estimate of drug-likeness (QED) is 0.904. The normalized spacial score (nSPS) is 21.0. The number of amides is 2. The van der Waals surface area contributed by atoms with E-state index in [1.54, 1.807) is 6.33 Å². The van der Waals surface area contributed by atoms with Crippen molar-refractivity contribution < 1.29 is 9.59 Å². The molecular formula is C17H27N5O2. The lowest BCUT2D eigenvalue weighted by molar-refractivity contribution is -0.139. The molecule has 7 heteroatoms. The van der Waals surface area contributed by atoms with Crippen molar-refractivity contribution in [2.24, 2.45) is 18.9 Å². The van der Waals surface area contributed by atoms with Crippen molar-refractivity contribution in [1.82, 2.24) is 25.0 Å². The summed E-state index contributed by atoms with van der Waals surface area (Å²) in [6, 6.07) is -0.164. The number of piperidine rings is 1. The molecule has 0 spiro atoms. The van der Waals surface area contributed by atoms with Crippen LogP contribution in [0.15, 0.2) is 6.33 Å². The molecule has 1 atom stereocenters. The lowest BCUT2D eigenvalue weighted by Crippen LogP contribution is -2.45. The lowest BCUT2D eigenvalue weighted by atomic mass is 9.94. The second-order valence-corrected chi connectivity index (χ2v) is 7.11. The number of rotatable bonds is 4. The zero-order chi connectivity index (χ0) is 17.1. The van der Waals surface area contributed by atoms with E-state index in [1.807, 2.05) is 23.4 Å². The molecule has 7 nitrogen and oxygen atoms in total. The summed E-state index contributed by atoms with van der Waals surface area (Å²) in [6.07, 6.45) is 7.55. The number of carbonyl (C=O) groups is 2. The van der Waals surface area contributed by atoms with Gasteiger partial charge in [-0.05, 0) is 32.6 Å². The van der Waals surface area contributed by atoms with E-state index < -0.39 is 0 Å². The first-order chi connectivity index (χ1) is 11.6. The maximum atomic E-state index is 12.5. The Kier molecular flexibility index (Phi) is 5.16. The van der Waals surface area contributed by atoms with E-state index in [9.17, 15) is 9.59 Å². The van der Waals surface area contributed by atoms with Gasteiger partial charge in [0.05, 0.1) is 6.04 Å². The number of nitrogens with zero attached hydrogens (tertiary/aromatic N) is 4. The topological polar surface area (TPSA) is 80.1 Å². The summed E-state index contributed by atoms with van der Waals surface area (Å²) >= 11 is 0. The summed E-state index contributed by atoms with van der Waals surface area (Å²) in [4.78, 5) is 26.9. The Hall–Kier alpha value is -1.92. The average molecular weight is 333 g/mol. The van der Waals surface area contributed by atoms with Gasteiger partial charge in [0.25, 0.3) is 0 Å².